The molecule has 4 heteroatoms. The lowest BCUT2D eigenvalue weighted by Crippen LogP contribution is -2.12. The van der Waals surface area contributed by atoms with Gasteiger partial charge in [0.1, 0.15) is 0 Å². The fourth-order valence-corrected chi connectivity index (χ4v) is 1.76. The third kappa shape index (κ3) is 2.28. The highest BCUT2D eigenvalue weighted by Gasteiger charge is 2.14. The smallest absolute Gasteiger partial charge is 0.164 e. The molecule has 0 amide bonds. The zero-order valence-electron chi connectivity index (χ0n) is 9.71. The van der Waals surface area contributed by atoms with Gasteiger partial charge < -0.3 is 14.3 Å². The van der Waals surface area contributed by atoms with Crippen LogP contribution in [-0.4, -0.2) is 20.3 Å². The molecule has 0 fully saturated rings. The molecule has 1 aliphatic heterocycles. The predicted octanol–water partition coefficient (Wildman–Crippen LogP) is 1.81. The zero-order chi connectivity index (χ0) is 11.4. The number of hydrogen-bond acceptors (Lipinski definition) is 4. The molecule has 1 aromatic carbocycles. The first kappa shape index (κ1) is 11.2. The van der Waals surface area contributed by atoms with E-state index < -0.39 is 0 Å². The van der Waals surface area contributed by atoms with Gasteiger partial charge in [-0.2, -0.15) is 5.48 Å². The molecule has 0 unspecified atom stereocenters. The summed E-state index contributed by atoms with van der Waals surface area (Å²) in [6, 6.07) is 4.00. The van der Waals surface area contributed by atoms with Crippen LogP contribution in [0.1, 0.15) is 17.5 Å². The molecule has 0 saturated carbocycles. The summed E-state index contributed by atoms with van der Waals surface area (Å²) in [4.78, 5) is 4.85. The van der Waals surface area contributed by atoms with Crippen molar-refractivity contribution in [3.05, 3.63) is 23.3 Å². The lowest BCUT2D eigenvalue weighted by molar-refractivity contribution is 0.0865. The van der Waals surface area contributed by atoms with Crippen LogP contribution in [0.2, 0.25) is 0 Å². The molecule has 4 nitrogen and oxygen atoms in total. The average Bonchev–Trinajstić information content (AvgIpc) is 2.54. The molecular formula is C12H17NO3. The highest BCUT2D eigenvalue weighted by Crippen LogP contribution is 2.34. The van der Waals surface area contributed by atoms with Crippen LogP contribution in [0.25, 0.3) is 0 Å². The van der Waals surface area contributed by atoms with E-state index in [0.717, 1.165) is 42.3 Å². The van der Waals surface area contributed by atoms with Crippen LogP contribution in [0.15, 0.2) is 12.1 Å². The normalized spacial score (nSPS) is 14.6. The highest BCUT2D eigenvalue weighted by molar-refractivity contribution is 5.50. The highest BCUT2D eigenvalue weighted by atomic mass is 16.6. The topological polar surface area (TPSA) is 39.7 Å². The van der Waals surface area contributed by atoms with Crippen LogP contribution < -0.4 is 15.0 Å². The number of hydrogen-bond donors (Lipinski definition) is 1. The van der Waals surface area contributed by atoms with Gasteiger partial charge in [0.15, 0.2) is 11.5 Å². The molecule has 88 valence electrons. The van der Waals surface area contributed by atoms with E-state index >= 15 is 0 Å². The summed E-state index contributed by atoms with van der Waals surface area (Å²) in [5.41, 5.74) is 5.10. The third-order valence-corrected chi connectivity index (χ3v) is 2.68. The van der Waals surface area contributed by atoms with Crippen LogP contribution in [0.4, 0.5) is 0 Å². The molecule has 0 spiro atoms. The van der Waals surface area contributed by atoms with Gasteiger partial charge in [-0.1, -0.05) is 6.07 Å². The van der Waals surface area contributed by atoms with Crippen LogP contribution in [0, 0.1) is 6.92 Å². The van der Waals surface area contributed by atoms with Crippen molar-refractivity contribution < 1.29 is 14.3 Å². The van der Waals surface area contributed by atoms with Crippen molar-refractivity contribution in [2.45, 2.75) is 19.9 Å². The van der Waals surface area contributed by atoms with Gasteiger partial charge in [-0.15, -0.1) is 0 Å². The number of hydroxylamine groups is 1. The molecule has 1 aliphatic rings. The number of rotatable bonds is 3. The van der Waals surface area contributed by atoms with E-state index in [0.29, 0.717) is 6.54 Å². The number of benzene rings is 1. The van der Waals surface area contributed by atoms with Crippen molar-refractivity contribution in [2.24, 2.45) is 0 Å². The molecule has 0 bridgehead atoms. The first-order chi connectivity index (χ1) is 7.83. The predicted molar refractivity (Wildman–Crippen MR) is 60.6 cm³/mol. The van der Waals surface area contributed by atoms with E-state index in [1.165, 1.54) is 0 Å². The van der Waals surface area contributed by atoms with Crippen molar-refractivity contribution in [2.75, 3.05) is 20.3 Å². The molecule has 0 saturated heterocycles. The van der Waals surface area contributed by atoms with Gasteiger partial charge in [-0.25, -0.2) is 0 Å². The van der Waals surface area contributed by atoms with Crippen molar-refractivity contribution in [3.63, 3.8) is 0 Å². The Bertz CT molecular complexity index is 366. The molecule has 1 heterocycles. The van der Waals surface area contributed by atoms with Crippen LogP contribution in [0.3, 0.4) is 0 Å². The quantitative estimate of drug-likeness (QED) is 0.793. The Morgan fingerprint density at radius 1 is 1.31 bits per heavy atom. The van der Waals surface area contributed by atoms with Crippen molar-refractivity contribution in [1.82, 2.24) is 5.48 Å². The standard InChI is InChI=1S/C12H17NO3/c1-9-10(8-13-14-2)4-5-11-12(9)16-7-3-6-15-11/h4-5,13H,3,6-8H2,1-2H3. The summed E-state index contributed by atoms with van der Waals surface area (Å²) in [6.07, 6.45) is 0.930. The van der Waals surface area contributed by atoms with E-state index in [1.807, 2.05) is 19.1 Å². The summed E-state index contributed by atoms with van der Waals surface area (Å²) in [5, 5.41) is 0. The first-order valence-electron chi connectivity index (χ1n) is 5.47. The minimum Gasteiger partial charge on any atom is -0.490 e. The van der Waals surface area contributed by atoms with Gasteiger partial charge >= 0.3 is 0 Å². The molecule has 1 N–H and O–H groups in total. The molecule has 0 radical (unpaired) electrons. The van der Waals surface area contributed by atoms with Crippen LogP contribution in [0.5, 0.6) is 11.5 Å². The van der Waals surface area contributed by atoms with Crippen LogP contribution in [-0.2, 0) is 11.4 Å². The van der Waals surface area contributed by atoms with E-state index in [9.17, 15) is 0 Å². The Kier molecular flexibility index (Phi) is 3.64. The summed E-state index contributed by atoms with van der Waals surface area (Å²) in [7, 11) is 1.61. The van der Waals surface area contributed by atoms with Crippen molar-refractivity contribution in [1.29, 1.82) is 0 Å². The molecule has 1 aromatic rings. The summed E-state index contributed by atoms with van der Waals surface area (Å²) >= 11 is 0. The molecule has 0 aromatic heterocycles. The molecule has 16 heavy (non-hydrogen) atoms. The van der Waals surface area contributed by atoms with Gasteiger partial charge in [0.25, 0.3) is 0 Å². The Morgan fingerprint density at radius 2 is 2.12 bits per heavy atom. The molecule has 0 atom stereocenters. The molecule has 0 aliphatic carbocycles. The number of nitrogens with one attached hydrogen (secondary N) is 1. The minimum atomic E-state index is 0.666. The Morgan fingerprint density at radius 3 is 2.94 bits per heavy atom. The monoisotopic (exact) mass is 223 g/mol. The van der Waals surface area contributed by atoms with Gasteiger partial charge in [-0.3, -0.25) is 0 Å². The maximum absolute atomic E-state index is 5.71. The number of ether oxygens (including phenoxy) is 2. The lowest BCUT2D eigenvalue weighted by Gasteiger charge is -2.14. The SMILES string of the molecule is CONCc1ccc2c(c1C)OCCCO2. The van der Waals surface area contributed by atoms with Gasteiger partial charge in [0.2, 0.25) is 0 Å². The van der Waals surface area contributed by atoms with E-state index in [1.54, 1.807) is 7.11 Å². The fraction of sp³-hybridized carbons (Fsp3) is 0.500. The zero-order valence-corrected chi connectivity index (χ0v) is 9.71. The maximum Gasteiger partial charge on any atom is 0.164 e. The Labute approximate surface area is 95.5 Å². The van der Waals surface area contributed by atoms with E-state index in [4.69, 9.17) is 14.3 Å². The average molecular weight is 223 g/mol. The molecule has 2 rings (SSSR count). The summed E-state index contributed by atoms with van der Waals surface area (Å²) in [5.74, 6) is 1.71. The molecular weight excluding hydrogens is 206 g/mol. The van der Waals surface area contributed by atoms with Gasteiger partial charge in [0.05, 0.1) is 20.3 Å². The van der Waals surface area contributed by atoms with Crippen LogP contribution >= 0.6 is 0 Å². The fourth-order valence-electron chi connectivity index (χ4n) is 1.76. The third-order valence-electron chi connectivity index (χ3n) is 2.68. The second-order valence-corrected chi connectivity index (χ2v) is 3.75. The summed E-state index contributed by atoms with van der Waals surface area (Å²) in [6.45, 7) is 4.15. The van der Waals surface area contributed by atoms with Crippen molar-refractivity contribution in [3.8, 4) is 11.5 Å². The lowest BCUT2D eigenvalue weighted by atomic mass is 10.1. The van der Waals surface area contributed by atoms with E-state index in [-0.39, 0.29) is 0 Å². The van der Waals surface area contributed by atoms with Gasteiger partial charge in [-0.05, 0) is 24.1 Å². The van der Waals surface area contributed by atoms with Gasteiger partial charge in [0, 0.05) is 13.0 Å². The summed E-state index contributed by atoms with van der Waals surface area (Å²) < 4.78 is 11.3. The first-order valence-corrected chi connectivity index (χ1v) is 5.47. The Balaban J connectivity index is 2.26. The minimum absolute atomic E-state index is 0.666. The second-order valence-electron chi connectivity index (χ2n) is 3.75. The maximum atomic E-state index is 5.71. The van der Waals surface area contributed by atoms with E-state index in [2.05, 4.69) is 5.48 Å². The number of fused-ring (bicyclic) bond motifs is 1. The Hall–Kier alpha value is -1.26. The second kappa shape index (κ2) is 5.18. The largest absolute Gasteiger partial charge is 0.490 e. The van der Waals surface area contributed by atoms with Crippen molar-refractivity contribution >= 4 is 0 Å².